The van der Waals surface area contributed by atoms with Gasteiger partial charge in [0.15, 0.2) is 0 Å². The third-order valence-corrected chi connectivity index (χ3v) is 4.22. The lowest BCUT2D eigenvalue weighted by Gasteiger charge is -2.11. The molecule has 1 aromatic rings. The highest BCUT2D eigenvalue weighted by Crippen LogP contribution is 2.20. The van der Waals surface area contributed by atoms with Gasteiger partial charge in [-0.25, -0.2) is 0 Å². The van der Waals surface area contributed by atoms with E-state index in [4.69, 9.17) is 9.84 Å². The van der Waals surface area contributed by atoms with Crippen LogP contribution in [0.1, 0.15) is 18.9 Å². The van der Waals surface area contributed by atoms with Gasteiger partial charge in [-0.1, -0.05) is 25.1 Å². The summed E-state index contributed by atoms with van der Waals surface area (Å²) in [4.78, 5) is 10.9. The smallest absolute Gasteiger partial charge is 0.319 e. The van der Waals surface area contributed by atoms with E-state index >= 15 is 0 Å². The molecule has 0 saturated carbocycles. The van der Waals surface area contributed by atoms with Crippen LogP contribution in [0.4, 0.5) is 0 Å². The van der Waals surface area contributed by atoms with Gasteiger partial charge in [0, 0.05) is 16.4 Å². The lowest BCUT2D eigenvalue weighted by molar-refractivity contribution is -0.136. The van der Waals surface area contributed by atoms with Crippen LogP contribution in [0.2, 0.25) is 0 Å². The Morgan fingerprint density at radius 3 is 2.65 bits per heavy atom. The molecule has 2 unspecified atom stereocenters. The van der Waals surface area contributed by atoms with E-state index in [2.05, 4.69) is 0 Å². The van der Waals surface area contributed by atoms with E-state index in [9.17, 15) is 9.00 Å². The van der Waals surface area contributed by atoms with Gasteiger partial charge in [-0.15, -0.1) is 0 Å². The van der Waals surface area contributed by atoms with Crippen molar-refractivity contribution >= 4 is 16.8 Å². The van der Waals surface area contributed by atoms with E-state index in [0.29, 0.717) is 12.2 Å². The van der Waals surface area contributed by atoms with Crippen molar-refractivity contribution in [1.82, 2.24) is 0 Å². The molecule has 0 aromatic heterocycles. The van der Waals surface area contributed by atoms with Crippen LogP contribution < -0.4 is 4.74 Å². The minimum atomic E-state index is -1.43. The number of carbonyl (C=O) groups is 1. The first-order valence-corrected chi connectivity index (χ1v) is 6.70. The first-order valence-electron chi connectivity index (χ1n) is 5.32. The summed E-state index contributed by atoms with van der Waals surface area (Å²) in [6, 6.07) is 7.20. The van der Waals surface area contributed by atoms with E-state index in [1.54, 1.807) is 19.1 Å². The number of carboxylic acid groups (broad SMARTS) is 1. The lowest BCUT2D eigenvalue weighted by Crippen LogP contribution is -2.25. The fraction of sp³-hybridized carbons (Fsp3) is 0.417. The van der Waals surface area contributed by atoms with E-state index in [1.807, 2.05) is 12.1 Å². The van der Waals surface area contributed by atoms with Crippen LogP contribution in [-0.4, -0.2) is 27.6 Å². The lowest BCUT2D eigenvalue weighted by atomic mass is 10.2. The molecule has 0 radical (unpaired) electrons. The number of methoxy groups -OCH3 is 1. The minimum absolute atomic E-state index is 0.203. The number of hydrogen-bond acceptors (Lipinski definition) is 3. The molecule has 0 heterocycles. The van der Waals surface area contributed by atoms with E-state index in [-0.39, 0.29) is 5.75 Å². The molecule has 0 saturated heterocycles. The van der Waals surface area contributed by atoms with Gasteiger partial charge in [0.1, 0.15) is 11.0 Å². The first kappa shape index (κ1) is 13.7. The third kappa shape index (κ3) is 3.56. The maximum Gasteiger partial charge on any atom is 0.319 e. The largest absolute Gasteiger partial charge is 0.496 e. The van der Waals surface area contributed by atoms with Crippen LogP contribution in [-0.2, 0) is 21.3 Å². The first-order chi connectivity index (χ1) is 8.10. The van der Waals surface area contributed by atoms with Gasteiger partial charge in [0.25, 0.3) is 0 Å². The molecule has 0 aliphatic rings. The Bertz CT molecular complexity index is 417. The Kier molecular flexibility index (Phi) is 5.15. The number of rotatable bonds is 6. The van der Waals surface area contributed by atoms with Crippen LogP contribution in [0.5, 0.6) is 5.75 Å². The summed E-state index contributed by atoms with van der Waals surface area (Å²) in [5, 5.41) is 8.10. The standard InChI is InChI=1S/C12H16O4S/c1-3-11(12(13)14)17(15)8-9-6-4-5-7-10(9)16-2/h4-7,11H,3,8H2,1-2H3,(H,13,14). The van der Waals surface area contributed by atoms with Gasteiger partial charge in [-0.05, 0) is 12.5 Å². The fourth-order valence-electron chi connectivity index (χ4n) is 1.55. The molecule has 1 N–H and O–H groups in total. The van der Waals surface area contributed by atoms with Gasteiger partial charge in [0.2, 0.25) is 0 Å². The molecular weight excluding hydrogens is 240 g/mol. The Morgan fingerprint density at radius 2 is 2.12 bits per heavy atom. The quantitative estimate of drug-likeness (QED) is 0.843. The van der Waals surface area contributed by atoms with Crippen molar-refractivity contribution in [3.63, 3.8) is 0 Å². The van der Waals surface area contributed by atoms with Crippen LogP contribution in [0.15, 0.2) is 24.3 Å². The van der Waals surface area contributed by atoms with Gasteiger partial charge in [-0.2, -0.15) is 0 Å². The highest BCUT2D eigenvalue weighted by Gasteiger charge is 2.23. The molecule has 1 aromatic carbocycles. The van der Waals surface area contributed by atoms with Crippen molar-refractivity contribution in [2.24, 2.45) is 0 Å². The second-order valence-corrected chi connectivity index (χ2v) is 5.19. The molecular formula is C12H16O4S. The number of ether oxygens (including phenoxy) is 1. The maximum atomic E-state index is 11.9. The second kappa shape index (κ2) is 6.39. The molecule has 0 fully saturated rings. The molecule has 1 rings (SSSR count). The zero-order chi connectivity index (χ0) is 12.8. The SMILES string of the molecule is CCC(C(=O)O)S(=O)Cc1ccccc1OC. The van der Waals surface area contributed by atoms with E-state index in [0.717, 1.165) is 5.56 Å². The third-order valence-electron chi connectivity index (χ3n) is 2.45. The summed E-state index contributed by atoms with van der Waals surface area (Å²) in [6.07, 6.45) is 0.358. The number of hydrogen-bond donors (Lipinski definition) is 1. The molecule has 0 aliphatic carbocycles. The predicted molar refractivity (Wildman–Crippen MR) is 66.6 cm³/mol. The highest BCUT2D eigenvalue weighted by molar-refractivity contribution is 7.85. The average Bonchev–Trinajstić information content (AvgIpc) is 2.30. The molecule has 94 valence electrons. The van der Waals surface area contributed by atoms with Crippen LogP contribution >= 0.6 is 0 Å². The van der Waals surface area contributed by atoms with Gasteiger partial charge < -0.3 is 9.84 Å². The fourth-order valence-corrected chi connectivity index (χ4v) is 2.89. The average molecular weight is 256 g/mol. The molecule has 0 aliphatic heterocycles. The zero-order valence-electron chi connectivity index (χ0n) is 9.88. The number of aliphatic carboxylic acids is 1. The highest BCUT2D eigenvalue weighted by atomic mass is 32.2. The van der Waals surface area contributed by atoms with Crippen LogP contribution in [0.3, 0.4) is 0 Å². The van der Waals surface area contributed by atoms with Crippen molar-refractivity contribution in [3.8, 4) is 5.75 Å². The summed E-state index contributed by atoms with van der Waals surface area (Å²) < 4.78 is 17.1. The summed E-state index contributed by atoms with van der Waals surface area (Å²) in [5.41, 5.74) is 0.771. The molecule has 0 spiro atoms. The van der Waals surface area contributed by atoms with Gasteiger partial charge >= 0.3 is 5.97 Å². The Morgan fingerprint density at radius 1 is 1.47 bits per heavy atom. The maximum absolute atomic E-state index is 11.9. The summed E-state index contributed by atoms with van der Waals surface area (Å²) in [6.45, 7) is 1.72. The van der Waals surface area contributed by atoms with E-state index in [1.165, 1.54) is 7.11 Å². The Hall–Kier alpha value is -1.36. The summed E-state index contributed by atoms with van der Waals surface area (Å²) >= 11 is 0. The monoisotopic (exact) mass is 256 g/mol. The number of carboxylic acids is 1. The zero-order valence-corrected chi connectivity index (χ0v) is 10.7. The Balaban J connectivity index is 2.83. The topological polar surface area (TPSA) is 63.6 Å². The molecule has 2 atom stereocenters. The van der Waals surface area contributed by atoms with E-state index < -0.39 is 22.0 Å². The van der Waals surface area contributed by atoms with Crippen molar-refractivity contribution in [1.29, 1.82) is 0 Å². The van der Waals surface area contributed by atoms with Crippen molar-refractivity contribution in [2.45, 2.75) is 24.3 Å². The molecule has 17 heavy (non-hydrogen) atoms. The molecule has 0 amide bonds. The van der Waals surface area contributed by atoms with Crippen molar-refractivity contribution in [2.75, 3.05) is 7.11 Å². The van der Waals surface area contributed by atoms with Gasteiger partial charge in [-0.3, -0.25) is 9.00 Å². The number of para-hydroxylation sites is 1. The number of benzene rings is 1. The minimum Gasteiger partial charge on any atom is -0.496 e. The van der Waals surface area contributed by atoms with Gasteiger partial charge in [0.05, 0.1) is 12.9 Å². The van der Waals surface area contributed by atoms with Crippen molar-refractivity contribution in [3.05, 3.63) is 29.8 Å². The second-order valence-electron chi connectivity index (χ2n) is 3.57. The molecule has 5 heteroatoms. The predicted octanol–water partition coefficient (Wildman–Crippen LogP) is 1.81. The molecule has 4 nitrogen and oxygen atoms in total. The molecule has 0 bridgehead atoms. The summed E-state index contributed by atoms with van der Waals surface area (Å²) in [5.74, 6) is -0.170. The van der Waals surface area contributed by atoms with Crippen LogP contribution in [0.25, 0.3) is 0 Å². The van der Waals surface area contributed by atoms with Crippen LogP contribution in [0, 0.1) is 0 Å². The Labute approximate surface area is 103 Å². The normalized spacial score (nSPS) is 14.0. The van der Waals surface area contributed by atoms with Crippen molar-refractivity contribution < 1.29 is 18.8 Å². The summed E-state index contributed by atoms with van der Waals surface area (Å²) in [7, 11) is 0.108.